The van der Waals surface area contributed by atoms with Gasteiger partial charge in [0.2, 0.25) is 5.91 Å². The van der Waals surface area contributed by atoms with Crippen LogP contribution in [0.25, 0.3) is 10.9 Å². The topological polar surface area (TPSA) is 45.5 Å². The molecule has 4 nitrogen and oxygen atoms in total. The SMILES string of the molecule is O=C1[C@H](Br)[C@H](c2cn(Cc3ccccc3)c3ccccc23)CCN1[C@@H](CO)c1ccccc1. The predicted octanol–water partition coefficient (Wildman–Crippen LogP) is 5.50. The van der Waals surface area contributed by atoms with Crippen molar-refractivity contribution in [1.82, 2.24) is 9.47 Å². The number of para-hydroxylation sites is 1. The molecule has 3 aromatic carbocycles. The Kier molecular flexibility index (Phi) is 6.34. The molecule has 168 valence electrons. The molecule has 1 amide bonds. The van der Waals surface area contributed by atoms with E-state index in [0.717, 1.165) is 18.5 Å². The number of aliphatic hydroxyl groups is 1. The maximum Gasteiger partial charge on any atom is 0.237 e. The number of alkyl halides is 1. The van der Waals surface area contributed by atoms with Crippen molar-refractivity contribution < 1.29 is 9.90 Å². The van der Waals surface area contributed by atoms with E-state index in [0.29, 0.717) is 6.54 Å². The molecule has 4 aromatic rings. The molecule has 0 bridgehead atoms. The van der Waals surface area contributed by atoms with Gasteiger partial charge in [0.15, 0.2) is 0 Å². The van der Waals surface area contributed by atoms with Gasteiger partial charge in [-0.15, -0.1) is 0 Å². The molecule has 3 atom stereocenters. The fourth-order valence-electron chi connectivity index (χ4n) is 5.03. The van der Waals surface area contributed by atoms with Crippen molar-refractivity contribution in [2.24, 2.45) is 0 Å². The lowest BCUT2D eigenvalue weighted by Gasteiger charge is -2.39. The van der Waals surface area contributed by atoms with E-state index >= 15 is 0 Å². The average Bonchev–Trinajstić information content (AvgIpc) is 3.22. The van der Waals surface area contributed by atoms with Crippen LogP contribution in [-0.4, -0.2) is 38.5 Å². The molecule has 1 N–H and O–H groups in total. The van der Waals surface area contributed by atoms with Crippen molar-refractivity contribution in [2.75, 3.05) is 13.2 Å². The lowest BCUT2D eigenvalue weighted by atomic mass is 9.87. The van der Waals surface area contributed by atoms with Crippen molar-refractivity contribution in [3.05, 3.63) is 108 Å². The molecule has 33 heavy (non-hydrogen) atoms. The van der Waals surface area contributed by atoms with Gasteiger partial charge in [-0.1, -0.05) is 94.8 Å². The molecular formula is C28H27BrN2O2. The van der Waals surface area contributed by atoms with Crippen LogP contribution >= 0.6 is 15.9 Å². The first-order valence-corrected chi connectivity index (χ1v) is 12.3. The second-order valence-electron chi connectivity index (χ2n) is 8.65. The molecule has 5 heteroatoms. The first kappa shape index (κ1) is 21.9. The molecule has 1 aliphatic heterocycles. The fourth-order valence-corrected chi connectivity index (χ4v) is 5.84. The monoisotopic (exact) mass is 502 g/mol. The normalized spacial score (nSPS) is 19.7. The number of amides is 1. The summed E-state index contributed by atoms with van der Waals surface area (Å²) in [5, 5.41) is 11.3. The second kappa shape index (κ2) is 9.54. The van der Waals surface area contributed by atoms with Crippen LogP contribution in [0.15, 0.2) is 91.1 Å². The number of hydrogen-bond acceptors (Lipinski definition) is 2. The molecule has 0 spiro atoms. The van der Waals surface area contributed by atoms with Gasteiger partial charge in [-0.3, -0.25) is 4.79 Å². The van der Waals surface area contributed by atoms with Gasteiger partial charge < -0.3 is 14.6 Å². The maximum atomic E-state index is 13.5. The fraction of sp³-hybridized carbons (Fsp3) is 0.250. The highest BCUT2D eigenvalue weighted by Gasteiger charge is 2.39. The van der Waals surface area contributed by atoms with Gasteiger partial charge in [0.05, 0.1) is 12.6 Å². The summed E-state index contributed by atoms with van der Waals surface area (Å²) in [6, 6.07) is 28.4. The van der Waals surface area contributed by atoms with E-state index in [4.69, 9.17) is 0 Å². The lowest BCUT2D eigenvalue weighted by molar-refractivity contribution is -0.136. The molecular weight excluding hydrogens is 476 g/mol. The number of benzene rings is 3. The molecule has 1 fully saturated rings. The number of carbonyl (C=O) groups is 1. The van der Waals surface area contributed by atoms with Gasteiger partial charge in [-0.2, -0.15) is 0 Å². The quantitative estimate of drug-likeness (QED) is 0.353. The van der Waals surface area contributed by atoms with Crippen molar-refractivity contribution in [3.8, 4) is 0 Å². The van der Waals surface area contributed by atoms with E-state index in [1.165, 1.54) is 22.0 Å². The average molecular weight is 503 g/mol. The van der Waals surface area contributed by atoms with Crippen LogP contribution in [0.1, 0.15) is 35.1 Å². The van der Waals surface area contributed by atoms with Crippen LogP contribution in [0.4, 0.5) is 0 Å². The summed E-state index contributed by atoms with van der Waals surface area (Å²) in [4.78, 5) is 15.0. The number of carbonyl (C=O) groups excluding carboxylic acids is 1. The van der Waals surface area contributed by atoms with E-state index in [2.05, 4.69) is 75.2 Å². The summed E-state index contributed by atoms with van der Waals surface area (Å²) in [5.41, 5.74) is 4.60. The van der Waals surface area contributed by atoms with E-state index in [9.17, 15) is 9.90 Å². The smallest absolute Gasteiger partial charge is 0.237 e. The number of nitrogens with zero attached hydrogens (tertiary/aromatic N) is 2. The first-order valence-electron chi connectivity index (χ1n) is 11.4. The molecule has 0 aliphatic carbocycles. The number of rotatable bonds is 6. The molecule has 0 radical (unpaired) electrons. The summed E-state index contributed by atoms with van der Waals surface area (Å²) in [5.74, 6) is 0.111. The number of aromatic nitrogens is 1. The zero-order valence-corrected chi connectivity index (χ0v) is 19.9. The summed E-state index contributed by atoms with van der Waals surface area (Å²) < 4.78 is 2.29. The van der Waals surface area contributed by atoms with E-state index in [1.54, 1.807) is 0 Å². The molecule has 5 rings (SSSR count). The van der Waals surface area contributed by atoms with Crippen LogP contribution in [0.5, 0.6) is 0 Å². The zero-order chi connectivity index (χ0) is 22.8. The van der Waals surface area contributed by atoms with Crippen LogP contribution in [-0.2, 0) is 11.3 Å². The van der Waals surface area contributed by atoms with Gasteiger partial charge in [0.25, 0.3) is 0 Å². The zero-order valence-electron chi connectivity index (χ0n) is 18.3. The minimum atomic E-state index is -0.333. The van der Waals surface area contributed by atoms with Gasteiger partial charge in [-0.25, -0.2) is 0 Å². The maximum absolute atomic E-state index is 13.5. The van der Waals surface area contributed by atoms with Gasteiger partial charge >= 0.3 is 0 Å². The summed E-state index contributed by atoms with van der Waals surface area (Å²) in [7, 11) is 0. The van der Waals surface area contributed by atoms with E-state index in [-0.39, 0.29) is 29.3 Å². The number of aliphatic hydroxyl groups excluding tert-OH is 1. The number of piperidine rings is 1. The Balaban J connectivity index is 1.45. The van der Waals surface area contributed by atoms with Crippen LogP contribution in [0.3, 0.4) is 0 Å². The number of hydrogen-bond donors (Lipinski definition) is 1. The van der Waals surface area contributed by atoms with Gasteiger partial charge in [-0.05, 0) is 29.2 Å². The highest BCUT2D eigenvalue weighted by molar-refractivity contribution is 9.10. The number of fused-ring (bicyclic) bond motifs is 1. The van der Waals surface area contributed by atoms with Gasteiger partial charge in [0.1, 0.15) is 4.83 Å². The Morgan fingerprint density at radius 1 is 0.939 bits per heavy atom. The van der Waals surface area contributed by atoms with Crippen LogP contribution in [0, 0.1) is 0 Å². The summed E-state index contributed by atoms with van der Waals surface area (Å²) >= 11 is 3.75. The summed E-state index contributed by atoms with van der Waals surface area (Å²) in [6.45, 7) is 1.32. The second-order valence-corrected chi connectivity index (χ2v) is 9.64. The van der Waals surface area contributed by atoms with Gasteiger partial charge in [0, 0.05) is 36.1 Å². The largest absolute Gasteiger partial charge is 0.394 e. The summed E-state index contributed by atoms with van der Waals surface area (Å²) in [6.07, 6.45) is 3.06. The Hall–Kier alpha value is -2.89. The Labute approximate surface area is 202 Å². The molecule has 2 heterocycles. The standard InChI is InChI=1S/C28H27BrN2O2/c29-27-23(15-16-31(28(27)33)26(19-32)21-11-5-2-6-12-21)24-18-30(17-20-9-3-1-4-10-20)25-14-8-7-13-22(24)25/h1-14,18,23,26-27,32H,15-17,19H2/t23-,26-,27+/m0/s1. The lowest BCUT2D eigenvalue weighted by Crippen LogP contribution is -2.48. The van der Waals surface area contributed by atoms with Crippen LogP contribution in [0.2, 0.25) is 0 Å². The van der Waals surface area contributed by atoms with E-state index < -0.39 is 0 Å². The van der Waals surface area contributed by atoms with Crippen molar-refractivity contribution in [1.29, 1.82) is 0 Å². The molecule has 1 aliphatic rings. The number of likely N-dealkylation sites (tertiary alicyclic amines) is 1. The number of halogens is 1. The third kappa shape index (κ3) is 4.23. The van der Waals surface area contributed by atoms with Crippen molar-refractivity contribution >= 4 is 32.7 Å². The van der Waals surface area contributed by atoms with E-state index in [1.807, 2.05) is 41.3 Å². The first-order chi connectivity index (χ1) is 16.2. The Morgan fingerprint density at radius 3 is 2.33 bits per heavy atom. The Morgan fingerprint density at radius 2 is 1.61 bits per heavy atom. The third-order valence-corrected chi connectivity index (χ3v) is 7.73. The molecule has 1 saturated heterocycles. The highest BCUT2D eigenvalue weighted by Crippen LogP contribution is 2.40. The third-order valence-electron chi connectivity index (χ3n) is 6.70. The van der Waals surface area contributed by atoms with Crippen molar-refractivity contribution in [2.45, 2.75) is 29.8 Å². The Bertz CT molecular complexity index is 1240. The minimum Gasteiger partial charge on any atom is -0.394 e. The highest BCUT2D eigenvalue weighted by atomic mass is 79.9. The molecule has 0 unspecified atom stereocenters. The molecule has 1 aromatic heterocycles. The van der Waals surface area contributed by atoms with Crippen molar-refractivity contribution in [3.63, 3.8) is 0 Å². The molecule has 0 saturated carbocycles. The minimum absolute atomic E-state index is 0.0362. The van der Waals surface area contributed by atoms with Crippen LogP contribution < -0.4 is 0 Å². The predicted molar refractivity (Wildman–Crippen MR) is 136 cm³/mol.